The van der Waals surface area contributed by atoms with Crippen LogP contribution in [0.3, 0.4) is 0 Å². The van der Waals surface area contributed by atoms with Gasteiger partial charge in [-0.05, 0) is 37.5 Å². The lowest BCUT2D eigenvalue weighted by molar-refractivity contribution is 0.101. The number of hydrogen-bond acceptors (Lipinski definition) is 3. The highest BCUT2D eigenvalue weighted by atomic mass is 35.5. The molecule has 0 aliphatic rings. The molecule has 0 aliphatic carbocycles. The molecule has 4 heteroatoms. The Kier molecular flexibility index (Phi) is 7.09. The first kappa shape index (κ1) is 15.3. The predicted octanol–water partition coefficient (Wildman–Crippen LogP) is 3.04. The predicted molar refractivity (Wildman–Crippen MR) is 75.4 cm³/mol. The highest BCUT2D eigenvalue weighted by Gasteiger charge is 2.04. The molecular formula is C14H22ClNO2. The fourth-order valence-electron chi connectivity index (χ4n) is 1.62. The molecule has 1 rings (SSSR count). The molecule has 2 N–H and O–H groups in total. The summed E-state index contributed by atoms with van der Waals surface area (Å²) >= 11 is 6.15. The fourth-order valence-corrected chi connectivity index (χ4v) is 1.87. The van der Waals surface area contributed by atoms with Crippen LogP contribution in [-0.2, 0) is 11.2 Å². The average Bonchev–Trinajstić information content (AvgIpc) is 2.30. The van der Waals surface area contributed by atoms with Gasteiger partial charge < -0.3 is 15.2 Å². The molecule has 102 valence electrons. The van der Waals surface area contributed by atoms with Crippen molar-refractivity contribution in [2.24, 2.45) is 5.73 Å². The smallest absolute Gasteiger partial charge is 0.138 e. The molecule has 1 aromatic carbocycles. The van der Waals surface area contributed by atoms with Gasteiger partial charge in [-0.15, -0.1) is 0 Å². The SMILES string of the molecule is CCCOCCOc1ccc(CC(C)N)cc1Cl. The van der Waals surface area contributed by atoms with Crippen molar-refractivity contribution in [2.45, 2.75) is 32.7 Å². The van der Waals surface area contributed by atoms with Crippen molar-refractivity contribution >= 4 is 11.6 Å². The highest BCUT2D eigenvalue weighted by molar-refractivity contribution is 6.32. The second-order valence-electron chi connectivity index (χ2n) is 4.41. The van der Waals surface area contributed by atoms with Gasteiger partial charge in [0.05, 0.1) is 11.6 Å². The van der Waals surface area contributed by atoms with Crippen LogP contribution in [0.1, 0.15) is 25.8 Å². The van der Waals surface area contributed by atoms with Gasteiger partial charge in [-0.25, -0.2) is 0 Å². The minimum Gasteiger partial charge on any atom is -0.490 e. The molecule has 0 bridgehead atoms. The summed E-state index contributed by atoms with van der Waals surface area (Å²) in [5.41, 5.74) is 6.88. The molecule has 18 heavy (non-hydrogen) atoms. The molecule has 0 aromatic heterocycles. The summed E-state index contributed by atoms with van der Waals surface area (Å²) in [5.74, 6) is 0.699. The van der Waals surface area contributed by atoms with Gasteiger partial charge in [0.2, 0.25) is 0 Å². The summed E-state index contributed by atoms with van der Waals surface area (Å²) in [5, 5.41) is 0.628. The zero-order valence-electron chi connectivity index (χ0n) is 11.1. The van der Waals surface area contributed by atoms with E-state index in [1.54, 1.807) is 0 Å². The van der Waals surface area contributed by atoms with Crippen molar-refractivity contribution in [2.75, 3.05) is 19.8 Å². The van der Waals surface area contributed by atoms with Crippen LogP contribution < -0.4 is 10.5 Å². The number of benzene rings is 1. The molecule has 0 saturated heterocycles. The average molecular weight is 272 g/mol. The summed E-state index contributed by atoms with van der Waals surface area (Å²) in [6.45, 7) is 5.93. The topological polar surface area (TPSA) is 44.5 Å². The zero-order chi connectivity index (χ0) is 13.4. The summed E-state index contributed by atoms with van der Waals surface area (Å²) in [7, 11) is 0. The third-order valence-electron chi connectivity index (χ3n) is 2.39. The van der Waals surface area contributed by atoms with Crippen molar-refractivity contribution in [3.63, 3.8) is 0 Å². The molecule has 0 amide bonds. The molecule has 0 fully saturated rings. The van der Waals surface area contributed by atoms with E-state index >= 15 is 0 Å². The summed E-state index contributed by atoms with van der Waals surface area (Å²) in [4.78, 5) is 0. The first-order valence-electron chi connectivity index (χ1n) is 6.38. The lowest BCUT2D eigenvalue weighted by Gasteiger charge is -2.11. The molecule has 0 radical (unpaired) electrons. The van der Waals surface area contributed by atoms with Crippen molar-refractivity contribution in [3.8, 4) is 5.75 Å². The quantitative estimate of drug-likeness (QED) is 0.739. The largest absolute Gasteiger partial charge is 0.490 e. The van der Waals surface area contributed by atoms with Gasteiger partial charge in [0.1, 0.15) is 12.4 Å². The van der Waals surface area contributed by atoms with Crippen LogP contribution >= 0.6 is 11.6 Å². The van der Waals surface area contributed by atoms with Gasteiger partial charge in [0.25, 0.3) is 0 Å². The van der Waals surface area contributed by atoms with Crippen LogP contribution in [0.15, 0.2) is 18.2 Å². The monoisotopic (exact) mass is 271 g/mol. The Hall–Kier alpha value is -0.770. The Morgan fingerprint density at radius 1 is 1.28 bits per heavy atom. The van der Waals surface area contributed by atoms with E-state index in [0.29, 0.717) is 24.0 Å². The van der Waals surface area contributed by atoms with E-state index in [0.717, 1.165) is 25.0 Å². The van der Waals surface area contributed by atoms with E-state index in [-0.39, 0.29) is 6.04 Å². The summed E-state index contributed by atoms with van der Waals surface area (Å²) in [6.07, 6.45) is 1.84. The van der Waals surface area contributed by atoms with Gasteiger partial charge in [0, 0.05) is 12.6 Å². The number of rotatable bonds is 8. The van der Waals surface area contributed by atoms with Crippen molar-refractivity contribution in [1.29, 1.82) is 0 Å². The Labute approximate surface area is 114 Å². The molecule has 1 unspecified atom stereocenters. The van der Waals surface area contributed by atoms with Gasteiger partial charge in [-0.3, -0.25) is 0 Å². The first-order valence-corrected chi connectivity index (χ1v) is 6.75. The van der Waals surface area contributed by atoms with Crippen LogP contribution in [0.2, 0.25) is 5.02 Å². The maximum absolute atomic E-state index is 6.15. The van der Waals surface area contributed by atoms with Crippen molar-refractivity contribution in [1.82, 2.24) is 0 Å². The lowest BCUT2D eigenvalue weighted by Crippen LogP contribution is -2.17. The van der Waals surface area contributed by atoms with E-state index < -0.39 is 0 Å². The van der Waals surface area contributed by atoms with E-state index in [2.05, 4.69) is 6.92 Å². The Morgan fingerprint density at radius 2 is 2.06 bits per heavy atom. The van der Waals surface area contributed by atoms with Gasteiger partial charge in [0.15, 0.2) is 0 Å². The van der Waals surface area contributed by atoms with Crippen LogP contribution in [0.4, 0.5) is 0 Å². The van der Waals surface area contributed by atoms with Gasteiger partial charge in [-0.2, -0.15) is 0 Å². The summed E-state index contributed by atoms with van der Waals surface area (Å²) < 4.78 is 10.9. The third-order valence-corrected chi connectivity index (χ3v) is 2.68. The number of hydrogen-bond donors (Lipinski definition) is 1. The molecule has 0 saturated carbocycles. The Morgan fingerprint density at radius 3 is 2.67 bits per heavy atom. The minimum atomic E-state index is 0.135. The molecule has 0 spiro atoms. The second-order valence-corrected chi connectivity index (χ2v) is 4.81. The van der Waals surface area contributed by atoms with E-state index in [4.69, 9.17) is 26.8 Å². The maximum atomic E-state index is 6.15. The van der Waals surface area contributed by atoms with E-state index in [1.165, 1.54) is 0 Å². The fraction of sp³-hybridized carbons (Fsp3) is 0.571. The second kappa shape index (κ2) is 8.35. The molecule has 1 aromatic rings. The maximum Gasteiger partial charge on any atom is 0.138 e. The molecule has 1 atom stereocenters. The highest BCUT2D eigenvalue weighted by Crippen LogP contribution is 2.25. The number of nitrogens with two attached hydrogens (primary N) is 1. The molecule has 3 nitrogen and oxygen atoms in total. The standard InChI is InChI=1S/C14H22ClNO2/c1-3-6-17-7-8-18-14-5-4-12(9-11(2)16)10-13(14)15/h4-5,10-11H,3,6-9,16H2,1-2H3. The van der Waals surface area contributed by atoms with Crippen LogP contribution in [-0.4, -0.2) is 25.9 Å². The van der Waals surface area contributed by atoms with E-state index in [9.17, 15) is 0 Å². The summed E-state index contributed by atoms with van der Waals surface area (Å²) in [6, 6.07) is 5.93. The lowest BCUT2D eigenvalue weighted by atomic mass is 10.1. The van der Waals surface area contributed by atoms with Crippen molar-refractivity contribution < 1.29 is 9.47 Å². The van der Waals surface area contributed by atoms with Crippen LogP contribution in [0.5, 0.6) is 5.75 Å². The van der Waals surface area contributed by atoms with E-state index in [1.807, 2.05) is 25.1 Å². The molecular weight excluding hydrogens is 250 g/mol. The van der Waals surface area contributed by atoms with Crippen molar-refractivity contribution in [3.05, 3.63) is 28.8 Å². The van der Waals surface area contributed by atoms with Crippen LogP contribution in [0.25, 0.3) is 0 Å². The van der Waals surface area contributed by atoms with Gasteiger partial charge in [-0.1, -0.05) is 24.6 Å². The zero-order valence-corrected chi connectivity index (χ0v) is 11.9. The third kappa shape index (κ3) is 5.71. The molecule has 0 heterocycles. The first-order chi connectivity index (χ1) is 8.63. The normalized spacial score (nSPS) is 12.4. The number of ether oxygens (including phenoxy) is 2. The van der Waals surface area contributed by atoms with Crippen LogP contribution in [0, 0.1) is 0 Å². The molecule has 0 aliphatic heterocycles. The number of halogens is 1. The Balaban J connectivity index is 2.42. The Bertz CT molecular complexity index is 356. The minimum absolute atomic E-state index is 0.135. The van der Waals surface area contributed by atoms with Gasteiger partial charge >= 0.3 is 0 Å².